The van der Waals surface area contributed by atoms with E-state index in [9.17, 15) is 4.79 Å². The molecule has 2 heterocycles. The van der Waals surface area contributed by atoms with Gasteiger partial charge in [-0.25, -0.2) is 4.79 Å². The van der Waals surface area contributed by atoms with E-state index in [0.29, 0.717) is 13.0 Å². The number of carbonyl (C=O) groups excluding carboxylic acids is 1. The molecule has 0 saturated carbocycles. The number of methoxy groups -OCH3 is 2. The fraction of sp³-hybridized carbons (Fsp3) is 0.929. The Labute approximate surface area is 128 Å². The molecule has 0 spiro atoms. The molecule has 0 aromatic carbocycles. The molecule has 1 N–H and O–H groups in total. The van der Waals surface area contributed by atoms with Crippen LogP contribution in [-0.2, 0) is 23.7 Å². The molecule has 2 aliphatic heterocycles. The van der Waals surface area contributed by atoms with Gasteiger partial charge in [0.15, 0.2) is 0 Å². The first kappa shape index (κ1) is 13.8. The van der Waals surface area contributed by atoms with Crippen LogP contribution in [0.5, 0.6) is 0 Å². The average molecular weight is 307 g/mol. The van der Waals surface area contributed by atoms with Gasteiger partial charge in [0, 0.05) is 26.7 Å². The van der Waals surface area contributed by atoms with Gasteiger partial charge in [-0.1, -0.05) is 6.92 Å². The largest absolute Gasteiger partial charge is 0.447 e. The van der Waals surface area contributed by atoms with Crippen molar-refractivity contribution < 1.29 is 31.2 Å². The molecule has 0 aliphatic carbocycles. The quantitative estimate of drug-likeness (QED) is 0.773. The summed E-state index contributed by atoms with van der Waals surface area (Å²) in [4.78, 5) is 11.9. The standard InChI is InChI=1S/C14H25NO6/c1-9-6-20-12(13(9)18-3)8-21-14(16)15-10-4-5-19-11(10)7-17-2/h9-13H,4-8H2,1-3H3,(H,15,16)/t9-,10?,11-,12-,13?/m1/s1/i5T,6T/t5-,6-,9+,10?,11+,12+,13?/m0. The van der Waals surface area contributed by atoms with Gasteiger partial charge in [0.05, 0.1) is 28.1 Å². The summed E-state index contributed by atoms with van der Waals surface area (Å²) in [6.07, 6.45) is -1.31. The summed E-state index contributed by atoms with van der Waals surface area (Å²) < 4.78 is 41.7. The Balaban J connectivity index is 1.79. The Bertz CT molecular complexity index is 401. The van der Waals surface area contributed by atoms with Crippen molar-refractivity contribution in [1.82, 2.24) is 5.32 Å². The number of rotatable bonds is 6. The van der Waals surface area contributed by atoms with Crippen molar-refractivity contribution in [2.24, 2.45) is 5.92 Å². The summed E-state index contributed by atoms with van der Waals surface area (Å²) in [6, 6.07) is -0.324. The lowest BCUT2D eigenvalue weighted by Crippen LogP contribution is -2.43. The zero-order valence-corrected chi connectivity index (χ0v) is 12.6. The molecule has 0 bridgehead atoms. The van der Waals surface area contributed by atoms with Gasteiger partial charge in [0.1, 0.15) is 18.8 Å². The van der Waals surface area contributed by atoms with Crippen molar-refractivity contribution in [3.05, 3.63) is 0 Å². The molecule has 122 valence electrons. The molecule has 2 unspecified atom stereocenters. The van der Waals surface area contributed by atoms with Gasteiger partial charge in [0.2, 0.25) is 0 Å². The van der Waals surface area contributed by atoms with E-state index in [1.165, 1.54) is 7.11 Å². The maximum absolute atomic E-state index is 11.9. The SMILES string of the molecule is [3H][C@@H]1O[C@H](COC(=O)NC2C[C@H]([3H])O[C@@H]2COC)C(OC)[C@@H]1C. The van der Waals surface area contributed by atoms with Crippen molar-refractivity contribution in [3.63, 3.8) is 0 Å². The van der Waals surface area contributed by atoms with E-state index in [1.54, 1.807) is 7.11 Å². The van der Waals surface area contributed by atoms with E-state index in [1.807, 2.05) is 6.92 Å². The Morgan fingerprint density at radius 1 is 1.33 bits per heavy atom. The molecule has 0 radical (unpaired) electrons. The topological polar surface area (TPSA) is 75.3 Å². The second-order valence-corrected chi connectivity index (χ2v) is 5.25. The van der Waals surface area contributed by atoms with E-state index in [-0.39, 0.29) is 30.8 Å². The third kappa shape index (κ3) is 4.29. The third-order valence-electron chi connectivity index (χ3n) is 3.71. The number of carbonyl (C=O) groups is 1. The Kier molecular flexibility index (Phi) is 5.19. The van der Waals surface area contributed by atoms with Crippen LogP contribution in [0, 0.1) is 5.92 Å². The highest BCUT2D eigenvalue weighted by atomic mass is 16.6. The molecule has 7 heteroatoms. The maximum Gasteiger partial charge on any atom is 0.407 e. The molecule has 0 aromatic rings. The molecule has 2 saturated heterocycles. The summed E-state index contributed by atoms with van der Waals surface area (Å²) in [5.41, 5.74) is 0. The van der Waals surface area contributed by atoms with Crippen molar-refractivity contribution in [1.29, 1.82) is 0 Å². The van der Waals surface area contributed by atoms with Crippen LogP contribution < -0.4 is 5.32 Å². The Morgan fingerprint density at radius 2 is 2.14 bits per heavy atom. The van der Waals surface area contributed by atoms with Crippen LogP contribution in [0.25, 0.3) is 0 Å². The normalized spacial score (nSPS) is 44.2. The van der Waals surface area contributed by atoms with Crippen molar-refractivity contribution >= 4 is 6.09 Å². The number of hydrogen-bond donors (Lipinski definition) is 1. The molecule has 2 fully saturated rings. The number of alkyl carbamates (subject to hydrolysis) is 1. The molecule has 2 aliphatic rings. The summed E-state index contributed by atoms with van der Waals surface area (Å²) >= 11 is 0. The number of ether oxygens (including phenoxy) is 5. The minimum atomic E-state index is -0.685. The average Bonchev–Trinajstić information content (AvgIpc) is 2.97. The van der Waals surface area contributed by atoms with E-state index in [0.717, 1.165) is 0 Å². The highest BCUT2D eigenvalue weighted by Crippen LogP contribution is 2.22. The van der Waals surface area contributed by atoms with Crippen molar-refractivity contribution in [2.75, 3.05) is 40.6 Å². The summed E-state index contributed by atoms with van der Waals surface area (Å²) in [6.45, 7) is 0.814. The van der Waals surface area contributed by atoms with Gasteiger partial charge in [0.25, 0.3) is 0 Å². The first-order valence-corrected chi connectivity index (χ1v) is 7.06. The third-order valence-corrected chi connectivity index (χ3v) is 3.71. The zero-order chi connectivity index (χ0) is 17.0. The van der Waals surface area contributed by atoms with Gasteiger partial charge < -0.3 is 29.0 Å². The molecule has 0 aromatic heterocycles. The van der Waals surface area contributed by atoms with Gasteiger partial charge >= 0.3 is 6.09 Å². The minimum Gasteiger partial charge on any atom is -0.447 e. The van der Waals surface area contributed by atoms with Crippen molar-refractivity contribution in [2.45, 2.75) is 37.7 Å². The smallest absolute Gasteiger partial charge is 0.407 e. The van der Waals surface area contributed by atoms with Crippen LogP contribution in [-0.4, -0.2) is 71.0 Å². The first-order chi connectivity index (χ1) is 11.0. The van der Waals surface area contributed by atoms with Crippen molar-refractivity contribution in [3.8, 4) is 0 Å². The van der Waals surface area contributed by atoms with Crippen LogP contribution in [0.1, 0.15) is 16.1 Å². The summed E-state index contributed by atoms with van der Waals surface area (Å²) in [5, 5.41) is 2.69. The number of amides is 1. The zero-order valence-electron chi connectivity index (χ0n) is 14.6. The highest BCUT2D eigenvalue weighted by Gasteiger charge is 2.36. The molecule has 21 heavy (non-hydrogen) atoms. The minimum absolute atomic E-state index is 0.0108. The monoisotopic (exact) mass is 307 g/mol. The van der Waals surface area contributed by atoms with Crippen LogP contribution in [0.15, 0.2) is 0 Å². The fourth-order valence-corrected chi connectivity index (χ4v) is 2.57. The second kappa shape index (κ2) is 7.93. The lowest BCUT2D eigenvalue weighted by atomic mass is 10.0. The second-order valence-electron chi connectivity index (χ2n) is 5.25. The fourth-order valence-electron chi connectivity index (χ4n) is 2.57. The molecule has 7 atom stereocenters. The van der Waals surface area contributed by atoms with Gasteiger partial charge in [-0.15, -0.1) is 0 Å². The maximum atomic E-state index is 11.9. The van der Waals surface area contributed by atoms with Gasteiger partial charge in [-0.2, -0.15) is 0 Å². The van der Waals surface area contributed by atoms with Crippen LogP contribution in [0.4, 0.5) is 4.79 Å². The molecule has 1 amide bonds. The highest BCUT2D eigenvalue weighted by molar-refractivity contribution is 5.67. The van der Waals surface area contributed by atoms with Crippen LogP contribution >= 0.6 is 0 Å². The van der Waals surface area contributed by atoms with E-state index in [4.69, 9.17) is 26.4 Å². The van der Waals surface area contributed by atoms with Gasteiger partial charge in [-0.05, 0) is 6.42 Å². The Morgan fingerprint density at radius 3 is 2.86 bits per heavy atom. The number of hydrogen-bond acceptors (Lipinski definition) is 6. The number of nitrogens with one attached hydrogen (secondary N) is 1. The molecular weight excluding hydrogens is 278 g/mol. The van der Waals surface area contributed by atoms with Crippen LogP contribution in [0.3, 0.4) is 0 Å². The first-order valence-electron chi connectivity index (χ1n) is 8.22. The lowest BCUT2D eigenvalue weighted by molar-refractivity contribution is -0.0243. The molecular formula is C14H25NO6. The predicted molar refractivity (Wildman–Crippen MR) is 74.2 cm³/mol. The molecule has 2 rings (SSSR count). The molecule has 7 nitrogen and oxygen atoms in total. The van der Waals surface area contributed by atoms with Gasteiger partial charge in [-0.3, -0.25) is 0 Å². The van der Waals surface area contributed by atoms with Crippen LogP contribution in [0.2, 0.25) is 0 Å². The van der Waals surface area contributed by atoms with E-state index in [2.05, 4.69) is 5.32 Å². The lowest BCUT2D eigenvalue weighted by Gasteiger charge is -2.21. The predicted octanol–water partition coefficient (Wildman–Crippen LogP) is 0.566. The Hall–Kier alpha value is -0.890. The summed E-state index contributed by atoms with van der Waals surface area (Å²) in [7, 11) is 3.09. The van der Waals surface area contributed by atoms with E-state index >= 15 is 0 Å². The summed E-state index contributed by atoms with van der Waals surface area (Å²) in [5.74, 6) is -0.0879. The van der Waals surface area contributed by atoms with E-state index < -0.39 is 25.4 Å².